The largest absolute Gasteiger partial charge is 0.394 e. The lowest BCUT2D eigenvalue weighted by Gasteiger charge is -2.40. The van der Waals surface area contributed by atoms with Crippen LogP contribution in [0.4, 0.5) is 0 Å². The SMILES string of the molecule is CCCCCCCCCCCC/C=C/CC/C=C/CCCC(O)C(O)C(COC1OC(CO)C(O)C(O)C1O)NC(=O)C(O)CCCCCCCCCCCCCCCCC/C=C\CCCCCCCCCCCCCC. The number of carbonyl (C=O) groups excluding carboxylic acids is 1. The van der Waals surface area contributed by atoms with E-state index in [4.69, 9.17) is 9.47 Å². The van der Waals surface area contributed by atoms with Crippen LogP contribution in [0, 0.1) is 0 Å². The van der Waals surface area contributed by atoms with Crippen molar-refractivity contribution in [2.24, 2.45) is 0 Å². The molecule has 0 aromatic rings. The van der Waals surface area contributed by atoms with E-state index in [-0.39, 0.29) is 12.8 Å². The van der Waals surface area contributed by atoms with E-state index in [2.05, 4.69) is 55.6 Å². The smallest absolute Gasteiger partial charge is 0.249 e. The fourth-order valence-corrected chi connectivity index (χ4v) is 10.6. The van der Waals surface area contributed by atoms with Gasteiger partial charge in [0.1, 0.15) is 36.6 Å². The van der Waals surface area contributed by atoms with Crippen molar-refractivity contribution >= 4 is 5.91 Å². The molecule has 9 atom stereocenters. The lowest BCUT2D eigenvalue weighted by Crippen LogP contribution is -2.60. The Morgan fingerprint density at radius 1 is 0.442 bits per heavy atom. The number of amides is 1. The maximum absolute atomic E-state index is 13.2. The molecule has 1 rings (SSSR count). The molecule has 0 bridgehead atoms. The molecule has 11 heteroatoms. The van der Waals surface area contributed by atoms with Crippen molar-refractivity contribution in [3.8, 4) is 0 Å². The summed E-state index contributed by atoms with van der Waals surface area (Å²) in [5.41, 5.74) is 0. The molecular weight excluding hydrogens is 967 g/mol. The van der Waals surface area contributed by atoms with Gasteiger partial charge in [-0.3, -0.25) is 4.79 Å². The molecular formula is C66H125NO10. The summed E-state index contributed by atoms with van der Waals surface area (Å²) in [4.78, 5) is 13.2. The molecule has 1 saturated heterocycles. The third kappa shape index (κ3) is 42.8. The number of aliphatic hydroxyl groups excluding tert-OH is 7. The first-order valence-electron chi connectivity index (χ1n) is 32.9. The van der Waals surface area contributed by atoms with E-state index in [9.17, 15) is 40.5 Å². The number of hydrogen-bond acceptors (Lipinski definition) is 10. The molecule has 1 fully saturated rings. The molecule has 0 saturated carbocycles. The summed E-state index contributed by atoms with van der Waals surface area (Å²) in [7, 11) is 0. The van der Waals surface area contributed by atoms with Crippen molar-refractivity contribution in [2.75, 3.05) is 13.2 Å². The molecule has 1 amide bonds. The molecule has 11 nitrogen and oxygen atoms in total. The van der Waals surface area contributed by atoms with Gasteiger partial charge in [0.2, 0.25) is 5.91 Å². The molecule has 454 valence electrons. The van der Waals surface area contributed by atoms with Crippen LogP contribution in [-0.2, 0) is 14.3 Å². The highest BCUT2D eigenvalue weighted by Crippen LogP contribution is 2.24. The Balaban J connectivity index is 2.23. The number of nitrogens with one attached hydrogen (secondary N) is 1. The molecule has 9 unspecified atom stereocenters. The Morgan fingerprint density at radius 2 is 0.779 bits per heavy atom. The quantitative estimate of drug-likeness (QED) is 0.0215. The Kier molecular flexibility index (Phi) is 52.3. The highest BCUT2D eigenvalue weighted by atomic mass is 16.7. The van der Waals surface area contributed by atoms with Crippen molar-refractivity contribution in [3.05, 3.63) is 36.5 Å². The number of unbranched alkanes of at least 4 members (excludes halogenated alkanes) is 39. The number of allylic oxidation sites excluding steroid dienone is 6. The fourth-order valence-electron chi connectivity index (χ4n) is 10.6. The maximum atomic E-state index is 13.2. The van der Waals surface area contributed by atoms with E-state index in [1.807, 2.05) is 0 Å². The van der Waals surface area contributed by atoms with Gasteiger partial charge in [-0.05, 0) is 77.0 Å². The van der Waals surface area contributed by atoms with Gasteiger partial charge >= 0.3 is 0 Å². The van der Waals surface area contributed by atoms with E-state index in [1.165, 1.54) is 225 Å². The van der Waals surface area contributed by atoms with E-state index < -0.39 is 74.2 Å². The molecule has 0 aromatic carbocycles. The van der Waals surface area contributed by atoms with Gasteiger partial charge < -0.3 is 50.5 Å². The van der Waals surface area contributed by atoms with E-state index in [1.54, 1.807) is 0 Å². The van der Waals surface area contributed by atoms with Crippen LogP contribution in [0.3, 0.4) is 0 Å². The summed E-state index contributed by atoms with van der Waals surface area (Å²) in [5.74, 6) is -0.706. The standard InChI is InChI=1S/C66H125NO10/c1-3-5-7-9-11-13-15-17-19-21-23-24-25-26-27-28-29-30-31-32-33-34-36-38-40-42-44-46-48-50-52-54-59(70)65(75)67-57(56-76-66-64(74)63(73)62(72)60(55-68)77-66)61(71)58(69)53-51-49-47-45-43-41-39-37-35-22-20-18-16-14-12-10-8-6-4-2/h26-27,37,39,45,47,57-64,66,68-74H,3-25,28-36,38,40-44,46,48-56H2,1-2H3,(H,67,75)/b27-26-,39-37+,47-45+. The predicted octanol–water partition coefficient (Wildman–Crippen LogP) is 15.0. The molecule has 1 aliphatic heterocycles. The number of hydrogen-bond donors (Lipinski definition) is 8. The Labute approximate surface area is 473 Å². The van der Waals surface area contributed by atoms with E-state index in [0.717, 1.165) is 38.5 Å². The minimum atomic E-state index is -1.67. The number of rotatable bonds is 57. The van der Waals surface area contributed by atoms with Crippen molar-refractivity contribution in [1.29, 1.82) is 0 Å². The zero-order valence-corrected chi connectivity index (χ0v) is 50.0. The first-order valence-corrected chi connectivity index (χ1v) is 32.9. The van der Waals surface area contributed by atoms with Crippen LogP contribution in [-0.4, -0.2) is 110 Å². The molecule has 77 heavy (non-hydrogen) atoms. The first kappa shape index (κ1) is 73.3. The van der Waals surface area contributed by atoms with Crippen molar-refractivity contribution in [3.63, 3.8) is 0 Å². The summed E-state index contributed by atoms with van der Waals surface area (Å²) >= 11 is 0. The van der Waals surface area contributed by atoms with Crippen molar-refractivity contribution in [2.45, 2.75) is 364 Å². The number of aliphatic hydroxyl groups is 7. The average Bonchev–Trinajstić information content (AvgIpc) is 3.43. The van der Waals surface area contributed by atoms with Gasteiger partial charge in [0.15, 0.2) is 6.29 Å². The topological polar surface area (TPSA) is 189 Å². The molecule has 0 spiro atoms. The summed E-state index contributed by atoms with van der Waals surface area (Å²) in [6, 6.07) is -1.19. The average molecular weight is 1090 g/mol. The van der Waals surface area contributed by atoms with E-state index >= 15 is 0 Å². The van der Waals surface area contributed by atoms with Gasteiger partial charge in [0.05, 0.1) is 25.4 Å². The third-order valence-corrected chi connectivity index (χ3v) is 15.9. The highest BCUT2D eigenvalue weighted by Gasteiger charge is 2.44. The Bertz CT molecular complexity index is 1350. The van der Waals surface area contributed by atoms with E-state index in [0.29, 0.717) is 19.3 Å². The fraction of sp³-hybridized carbons (Fsp3) is 0.894. The van der Waals surface area contributed by atoms with Crippen molar-refractivity contribution in [1.82, 2.24) is 5.32 Å². The first-order chi connectivity index (χ1) is 37.7. The number of ether oxygens (including phenoxy) is 2. The molecule has 1 heterocycles. The van der Waals surface area contributed by atoms with Crippen LogP contribution in [0.1, 0.15) is 309 Å². The van der Waals surface area contributed by atoms with Gasteiger partial charge in [0.25, 0.3) is 0 Å². The van der Waals surface area contributed by atoms with Gasteiger partial charge in [0, 0.05) is 0 Å². The van der Waals surface area contributed by atoms with Gasteiger partial charge in [-0.25, -0.2) is 0 Å². The summed E-state index contributed by atoms with van der Waals surface area (Å²) in [6.07, 6.45) is 57.9. The summed E-state index contributed by atoms with van der Waals surface area (Å²) in [5, 5.41) is 76.3. The molecule has 0 aliphatic carbocycles. The van der Waals surface area contributed by atoms with Gasteiger partial charge in [-0.15, -0.1) is 0 Å². The van der Waals surface area contributed by atoms with Crippen LogP contribution >= 0.6 is 0 Å². The minimum Gasteiger partial charge on any atom is -0.394 e. The summed E-state index contributed by atoms with van der Waals surface area (Å²) in [6.45, 7) is 3.47. The third-order valence-electron chi connectivity index (χ3n) is 15.9. The lowest BCUT2D eigenvalue weighted by atomic mass is 9.98. The highest BCUT2D eigenvalue weighted by molar-refractivity contribution is 5.80. The van der Waals surface area contributed by atoms with Crippen LogP contribution in [0.5, 0.6) is 0 Å². The molecule has 0 radical (unpaired) electrons. The van der Waals surface area contributed by atoms with Crippen LogP contribution in [0.15, 0.2) is 36.5 Å². The van der Waals surface area contributed by atoms with Crippen molar-refractivity contribution < 1.29 is 50.0 Å². The molecule has 8 N–H and O–H groups in total. The number of carbonyl (C=O) groups is 1. The Morgan fingerprint density at radius 3 is 1.16 bits per heavy atom. The molecule has 1 aliphatic rings. The van der Waals surface area contributed by atoms with Gasteiger partial charge in [-0.1, -0.05) is 269 Å². The van der Waals surface area contributed by atoms with Gasteiger partial charge in [-0.2, -0.15) is 0 Å². The lowest BCUT2D eigenvalue weighted by molar-refractivity contribution is -0.303. The minimum absolute atomic E-state index is 0.247. The summed E-state index contributed by atoms with van der Waals surface area (Å²) < 4.78 is 11.2. The predicted molar refractivity (Wildman–Crippen MR) is 321 cm³/mol. The monoisotopic (exact) mass is 1090 g/mol. The second kappa shape index (κ2) is 54.9. The molecule has 0 aromatic heterocycles. The Hall–Kier alpha value is -1.67. The second-order valence-corrected chi connectivity index (χ2v) is 23.2. The normalized spacial score (nSPS) is 19.7. The second-order valence-electron chi connectivity index (χ2n) is 23.2. The van der Waals surface area contributed by atoms with Crippen LogP contribution < -0.4 is 5.32 Å². The zero-order chi connectivity index (χ0) is 56.1. The van der Waals surface area contributed by atoms with Crippen LogP contribution in [0.2, 0.25) is 0 Å². The maximum Gasteiger partial charge on any atom is 0.249 e. The zero-order valence-electron chi connectivity index (χ0n) is 50.0. The van der Waals surface area contributed by atoms with Crippen LogP contribution in [0.25, 0.3) is 0 Å².